The monoisotopic (exact) mass is 291 g/mol. The van der Waals surface area contributed by atoms with Crippen molar-refractivity contribution in [3.8, 4) is 0 Å². The summed E-state index contributed by atoms with van der Waals surface area (Å²) in [5.41, 5.74) is 2.39. The average Bonchev–Trinajstić information content (AvgIpc) is 3.25. The van der Waals surface area contributed by atoms with Gasteiger partial charge in [0.25, 0.3) is 0 Å². The Morgan fingerprint density at radius 1 is 1.38 bits per heavy atom. The van der Waals surface area contributed by atoms with Crippen LogP contribution in [0.2, 0.25) is 0 Å². The number of aromatic nitrogens is 1. The third-order valence-electron chi connectivity index (χ3n) is 3.66. The maximum absolute atomic E-state index is 5.70. The molecule has 0 unspecified atom stereocenters. The lowest BCUT2D eigenvalue weighted by Gasteiger charge is -2.22. The number of nitrogens with one attached hydrogen (secondary N) is 1. The fourth-order valence-electron chi connectivity index (χ4n) is 2.02. The molecule has 118 valence electrons. The van der Waals surface area contributed by atoms with Gasteiger partial charge in [-0.1, -0.05) is 0 Å². The Balaban J connectivity index is 1.77. The number of ether oxygens (including phenoxy) is 1. The third kappa shape index (κ3) is 6.44. The second-order valence-electron chi connectivity index (χ2n) is 7.05. The number of hydrogen-bond acceptors (Lipinski definition) is 4. The minimum Gasteiger partial charge on any atom is -0.379 e. The van der Waals surface area contributed by atoms with E-state index in [0.717, 1.165) is 37.9 Å². The summed E-state index contributed by atoms with van der Waals surface area (Å²) in [7, 11) is 2.11. The fraction of sp³-hybridized carbons (Fsp3) is 0.706. The fourth-order valence-corrected chi connectivity index (χ4v) is 2.02. The zero-order valence-corrected chi connectivity index (χ0v) is 13.9. The highest BCUT2D eigenvalue weighted by atomic mass is 16.5. The average molecular weight is 291 g/mol. The predicted molar refractivity (Wildman–Crippen MR) is 87.6 cm³/mol. The van der Waals surface area contributed by atoms with Crippen molar-refractivity contribution in [1.82, 2.24) is 10.3 Å². The SMILES string of the molecule is CN(CCOCC1CC1)c1ccnc(CNC(C)(C)C)c1. The van der Waals surface area contributed by atoms with Crippen LogP contribution in [-0.4, -0.2) is 37.3 Å². The molecule has 0 amide bonds. The van der Waals surface area contributed by atoms with Crippen molar-refractivity contribution in [2.75, 3.05) is 31.7 Å². The molecular weight excluding hydrogens is 262 g/mol. The van der Waals surface area contributed by atoms with Crippen LogP contribution in [0.1, 0.15) is 39.3 Å². The molecular formula is C17H29N3O. The molecule has 1 fully saturated rings. The van der Waals surface area contributed by atoms with Gasteiger partial charge in [0.1, 0.15) is 0 Å². The van der Waals surface area contributed by atoms with Crippen molar-refractivity contribution in [2.24, 2.45) is 5.92 Å². The second-order valence-corrected chi connectivity index (χ2v) is 7.05. The van der Waals surface area contributed by atoms with Crippen molar-refractivity contribution in [3.63, 3.8) is 0 Å². The van der Waals surface area contributed by atoms with E-state index in [1.54, 1.807) is 0 Å². The van der Waals surface area contributed by atoms with Gasteiger partial charge < -0.3 is 15.0 Å². The normalized spacial score (nSPS) is 15.2. The van der Waals surface area contributed by atoms with Gasteiger partial charge in [-0.25, -0.2) is 0 Å². The Kier molecular flexibility index (Phi) is 5.59. The first-order chi connectivity index (χ1) is 9.94. The highest BCUT2D eigenvalue weighted by Crippen LogP contribution is 2.28. The number of anilines is 1. The maximum Gasteiger partial charge on any atom is 0.0641 e. The van der Waals surface area contributed by atoms with Crippen LogP contribution >= 0.6 is 0 Å². The van der Waals surface area contributed by atoms with Gasteiger partial charge >= 0.3 is 0 Å². The summed E-state index contributed by atoms with van der Waals surface area (Å²) in [4.78, 5) is 6.66. The topological polar surface area (TPSA) is 37.4 Å². The van der Waals surface area contributed by atoms with Gasteiger partial charge in [0.05, 0.1) is 12.3 Å². The zero-order valence-electron chi connectivity index (χ0n) is 13.9. The molecule has 0 radical (unpaired) electrons. The molecule has 0 atom stereocenters. The molecule has 0 bridgehead atoms. The summed E-state index contributed by atoms with van der Waals surface area (Å²) < 4.78 is 5.70. The summed E-state index contributed by atoms with van der Waals surface area (Å²) in [6.07, 6.45) is 4.59. The molecule has 1 aromatic heterocycles. The minimum absolute atomic E-state index is 0.111. The first-order valence-corrected chi connectivity index (χ1v) is 7.93. The molecule has 4 nitrogen and oxygen atoms in total. The van der Waals surface area contributed by atoms with E-state index in [1.165, 1.54) is 18.5 Å². The summed E-state index contributed by atoms with van der Waals surface area (Å²) in [5.74, 6) is 0.839. The molecule has 0 aliphatic heterocycles. The van der Waals surface area contributed by atoms with Gasteiger partial charge in [-0.3, -0.25) is 4.98 Å². The van der Waals surface area contributed by atoms with Gasteiger partial charge in [-0.2, -0.15) is 0 Å². The summed E-state index contributed by atoms with van der Waals surface area (Å²) in [5, 5.41) is 3.47. The van der Waals surface area contributed by atoms with E-state index in [-0.39, 0.29) is 5.54 Å². The van der Waals surface area contributed by atoms with Crippen LogP contribution in [0, 0.1) is 5.92 Å². The minimum atomic E-state index is 0.111. The highest BCUT2D eigenvalue weighted by molar-refractivity contribution is 5.45. The Labute approximate surface area is 128 Å². The van der Waals surface area contributed by atoms with E-state index in [0.29, 0.717) is 0 Å². The standard InChI is InChI=1S/C17H29N3O/c1-17(2,3)19-12-15-11-16(7-8-18-15)20(4)9-10-21-13-14-5-6-14/h7-8,11,14,19H,5-6,9-10,12-13H2,1-4H3. The molecule has 2 rings (SSSR count). The number of rotatable bonds is 8. The molecule has 0 aromatic carbocycles. The lowest BCUT2D eigenvalue weighted by Crippen LogP contribution is -2.35. The van der Waals surface area contributed by atoms with E-state index < -0.39 is 0 Å². The lowest BCUT2D eigenvalue weighted by molar-refractivity contribution is 0.131. The molecule has 21 heavy (non-hydrogen) atoms. The van der Waals surface area contributed by atoms with Crippen molar-refractivity contribution in [2.45, 2.75) is 45.7 Å². The molecule has 0 spiro atoms. The van der Waals surface area contributed by atoms with Crippen LogP contribution in [0.4, 0.5) is 5.69 Å². The lowest BCUT2D eigenvalue weighted by atomic mass is 10.1. The van der Waals surface area contributed by atoms with Crippen LogP contribution in [0.15, 0.2) is 18.3 Å². The van der Waals surface area contributed by atoms with Crippen molar-refractivity contribution >= 4 is 5.69 Å². The van der Waals surface area contributed by atoms with Gasteiger partial charge in [0.2, 0.25) is 0 Å². The quantitative estimate of drug-likeness (QED) is 0.747. The Hall–Kier alpha value is -1.13. The maximum atomic E-state index is 5.70. The van der Waals surface area contributed by atoms with Crippen LogP contribution in [-0.2, 0) is 11.3 Å². The van der Waals surface area contributed by atoms with E-state index >= 15 is 0 Å². The number of likely N-dealkylation sites (N-methyl/N-ethyl adjacent to an activating group) is 1. The van der Waals surface area contributed by atoms with Crippen molar-refractivity contribution in [1.29, 1.82) is 0 Å². The Morgan fingerprint density at radius 3 is 2.81 bits per heavy atom. The Morgan fingerprint density at radius 2 is 2.14 bits per heavy atom. The molecule has 1 heterocycles. The molecule has 1 aromatic rings. The molecule has 1 saturated carbocycles. The molecule has 0 saturated heterocycles. The molecule has 1 aliphatic rings. The summed E-state index contributed by atoms with van der Waals surface area (Å²) in [6, 6.07) is 4.21. The Bertz CT molecular complexity index is 438. The predicted octanol–water partition coefficient (Wildman–Crippen LogP) is 2.83. The number of hydrogen-bond donors (Lipinski definition) is 1. The molecule has 1 N–H and O–H groups in total. The zero-order chi connectivity index (χ0) is 15.3. The van der Waals surface area contributed by atoms with Crippen LogP contribution in [0.25, 0.3) is 0 Å². The van der Waals surface area contributed by atoms with E-state index in [1.807, 2.05) is 6.20 Å². The molecule has 1 aliphatic carbocycles. The third-order valence-corrected chi connectivity index (χ3v) is 3.66. The first kappa shape index (κ1) is 16.2. The van der Waals surface area contributed by atoms with Gasteiger partial charge in [-0.15, -0.1) is 0 Å². The number of nitrogens with zero attached hydrogens (tertiary/aromatic N) is 2. The van der Waals surface area contributed by atoms with Crippen LogP contribution in [0.3, 0.4) is 0 Å². The van der Waals surface area contributed by atoms with Crippen LogP contribution < -0.4 is 10.2 Å². The smallest absolute Gasteiger partial charge is 0.0641 e. The van der Waals surface area contributed by atoms with Crippen molar-refractivity contribution in [3.05, 3.63) is 24.0 Å². The number of pyridine rings is 1. The van der Waals surface area contributed by atoms with Gasteiger partial charge in [0.15, 0.2) is 0 Å². The summed E-state index contributed by atoms with van der Waals surface area (Å²) >= 11 is 0. The highest BCUT2D eigenvalue weighted by Gasteiger charge is 2.21. The van der Waals surface area contributed by atoms with Crippen LogP contribution in [0.5, 0.6) is 0 Å². The van der Waals surface area contributed by atoms with E-state index in [9.17, 15) is 0 Å². The summed E-state index contributed by atoms with van der Waals surface area (Å²) in [6.45, 7) is 9.95. The van der Waals surface area contributed by atoms with Crippen molar-refractivity contribution < 1.29 is 4.74 Å². The van der Waals surface area contributed by atoms with E-state index in [2.05, 4.69) is 55.2 Å². The second kappa shape index (κ2) is 7.23. The first-order valence-electron chi connectivity index (χ1n) is 7.93. The van der Waals surface area contributed by atoms with E-state index in [4.69, 9.17) is 4.74 Å². The molecule has 4 heteroatoms. The van der Waals surface area contributed by atoms with Gasteiger partial charge in [0, 0.05) is 44.2 Å². The van der Waals surface area contributed by atoms with Gasteiger partial charge in [-0.05, 0) is 51.7 Å². The largest absolute Gasteiger partial charge is 0.379 e.